The van der Waals surface area contributed by atoms with Gasteiger partial charge in [0.1, 0.15) is 5.58 Å². The number of furan rings is 1. The number of hydrogen-bond acceptors (Lipinski definition) is 6. The van der Waals surface area contributed by atoms with E-state index in [2.05, 4.69) is 21.3 Å². The molecule has 0 saturated carbocycles. The maximum absolute atomic E-state index is 13.2. The topological polar surface area (TPSA) is 87.8 Å². The van der Waals surface area contributed by atoms with Gasteiger partial charge in [0.15, 0.2) is 0 Å². The first kappa shape index (κ1) is 19.7. The van der Waals surface area contributed by atoms with Gasteiger partial charge in [-0.3, -0.25) is 24.9 Å². The number of nitrogens with one attached hydrogen (secondary N) is 1. The number of anilines is 1. The van der Waals surface area contributed by atoms with Crippen LogP contribution < -0.4 is 10.2 Å². The first-order valence-electron chi connectivity index (χ1n) is 11.3. The zero-order valence-corrected chi connectivity index (χ0v) is 18.4. The van der Waals surface area contributed by atoms with Crippen LogP contribution in [-0.2, 0) is 16.0 Å². The quantitative estimate of drug-likeness (QED) is 0.462. The lowest BCUT2D eigenvalue weighted by Gasteiger charge is -2.24. The third-order valence-corrected chi connectivity index (χ3v) is 6.82. The number of hydrogen-bond donors (Lipinski definition) is 1. The monoisotopic (exact) mass is 458 g/mol. The van der Waals surface area contributed by atoms with E-state index in [9.17, 15) is 9.59 Å². The Labute approximate surface area is 200 Å². The lowest BCUT2D eigenvalue weighted by atomic mass is 9.92. The van der Waals surface area contributed by atoms with Crippen molar-refractivity contribution in [2.24, 2.45) is 4.99 Å². The van der Waals surface area contributed by atoms with Crippen LogP contribution in [0.25, 0.3) is 16.5 Å². The van der Waals surface area contributed by atoms with Gasteiger partial charge in [-0.15, -0.1) is 0 Å². The van der Waals surface area contributed by atoms with Crippen molar-refractivity contribution in [3.63, 3.8) is 0 Å². The van der Waals surface area contributed by atoms with E-state index in [0.717, 1.165) is 34.2 Å². The van der Waals surface area contributed by atoms with Crippen LogP contribution >= 0.6 is 0 Å². The van der Waals surface area contributed by atoms with Crippen LogP contribution in [0, 0.1) is 0 Å². The smallest absolute Gasteiger partial charge is 0.261 e. The van der Waals surface area contributed by atoms with E-state index < -0.39 is 11.8 Å². The van der Waals surface area contributed by atoms with Crippen molar-refractivity contribution in [3.05, 3.63) is 113 Å². The number of amides is 2. The second-order valence-electron chi connectivity index (χ2n) is 8.67. The molecular weight excluding hydrogens is 440 g/mol. The van der Waals surface area contributed by atoms with Crippen molar-refractivity contribution in [1.82, 2.24) is 10.3 Å². The molecule has 0 radical (unpaired) electrons. The van der Waals surface area contributed by atoms with Crippen LogP contribution in [0.1, 0.15) is 28.3 Å². The molecular formula is C28H18N4O3. The van der Waals surface area contributed by atoms with Gasteiger partial charge in [-0.1, -0.05) is 36.4 Å². The van der Waals surface area contributed by atoms with E-state index in [0.29, 0.717) is 16.9 Å². The summed E-state index contributed by atoms with van der Waals surface area (Å²) in [5, 5.41) is 3.34. The highest BCUT2D eigenvalue weighted by atomic mass is 16.3. The van der Waals surface area contributed by atoms with Crippen LogP contribution in [0.15, 0.2) is 101 Å². The van der Waals surface area contributed by atoms with Gasteiger partial charge in [-0.05, 0) is 35.7 Å². The van der Waals surface area contributed by atoms with Gasteiger partial charge in [-0.25, -0.2) is 0 Å². The van der Waals surface area contributed by atoms with Crippen LogP contribution in [0.4, 0.5) is 5.69 Å². The van der Waals surface area contributed by atoms with Gasteiger partial charge in [0.05, 0.1) is 34.9 Å². The number of imide groups is 1. The van der Waals surface area contributed by atoms with E-state index in [-0.39, 0.29) is 17.2 Å². The highest BCUT2D eigenvalue weighted by Gasteiger charge is 2.39. The number of pyridine rings is 1. The average Bonchev–Trinajstić information content (AvgIpc) is 3.54. The maximum Gasteiger partial charge on any atom is 0.261 e. The zero-order valence-electron chi connectivity index (χ0n) is 18.4. The van der Waals surface area contributed by atoms with Crippen molar-refractivity contribution in [2.45, 2.75) is 12.5 Å². The molecule has 0 spiro atoms. The molecule has 0 bridgehead atoms. The van der Waals surface area contributed by atoms with Gasteiger partial charge in [-0.2, -0.15) is 0 Å². The highest BCUT2D eigenvalue weighted by Crippen LogP contribution is 2.45. The predicted molar refractivity (Wildman–Crippen MR) is 132 cm³/mol. The fraction of sp³-hybridized carbons (Fsp3) is 0.0714. The maximum atomic E-state index is 13.2. The Kier molecular flexibility index (Phi) is 4.14. The molecule has 2 amide bonds. The predicted octanol–water partition coefficient (Wildman–Crippen LogP) is 4.32. The molecule has 35 heavy (non-hydrogen) atoms. The van der Waals surface area contributed by atoms with Crippen LogP contribution in [-0.4, -0.2) is 22.5 Å². The number of rotatable bonds is 3. The summed E-state index contributed by atoms with van der Waals surface area (Å²) < 4.78 is 5.69. The summed E-state index contributed by atoms with van der Waals surface area (Å²) in [5.41, 5.74) is 6.25. The molecule has 1 N–H and O–H groups in total. The number of nitrogens with zero attached hydrogens (tertiary/aromatic N) is 3. The number of carbonyl (C=O) groups is 2. The molecule has 3 aliphatic rings. The average molecular weight is 458 g/mol. The Morgan fingerprint density at radius 2 is 1.71 bits per heavy atom. The third kappa shape index (κ3) is 2.85. The molecule has 168 valence electrons. The molecule has 0 fully saturated rings. The Hall–Kier alpha value is -4.78. The fourth-order valence-electron chi connectivity index (χ4n) is 5.33. The van der Waals surface area contributed by atoms with E-state index in [1.165, 1.54) is 0 Å². The third-order valence-electron chi connectivity index (χ3n) is 6.82. The summed E-state index contributed by atoms with van der Waals surface area (Å²) >= 11 is 0. The van der Waals surface area contributed by atoms with Crippen molar-refractivity contribution in [3.8, 4) is 0 Å². The Bertz CT molecular complexity index is 1650. The Morgan fingerprint density at radius 3 is 2.60 bits per heavy atom. The number of fused-ring (bicyclic) bond motifs is 1. The fourth-order valence-corrected chi connectivity index (χ4v) is 5.33. The van der Waals surface area contributed by atoms with Crippen molar-refractivity contribution >= 4 is 39.8 Å². The van der Waals surface area contributed by atoms with Gasteiger partial charge in [0.25, 0.3) is 11.8 Å². The molecule has 1 unspecified atom stereocenters. The summed E-state index contributed by atoms with van der Waals surface area (Å²) in [7, 11) is 0. The second kappa shape index (κ2) is 7.36. The molecule has 7 rings (SSSR count). The van der Waals surface area contributed by atoms with Gasteiger partial charge >= 0.3 is 0 Å². The standard InChI is InChI=1S/C28H18N4O3/c33-27-22(19-5-1-3-17-9-14-35-26(17)19)23(28(34)31-27)24-20-6-2-4-18-15-21(16-7-10-29-11-8-16)32(25(18)20)13-12-30-24/h1-14,21H,15H2,(H,31,33,34). The summed E-state index contributed by atoms with van der Waals surface area (Å²) in [5.74, 6) is -0.917. The molecule has 7 nitrogen and oxygen atoms in total. The SMILES string of the molecule is O=C1NC(=O)C(c2cccc3ccoc23)=C1C1=NC=CN2c3c(cccc31)CC2c1ccncc1. The van der Waals surface area contributed by atoms with Crippen molar-refractivity contribution in [1.29, 1.82) is 0 Å². The lowest BCUT2D eigenvalue weighted by molar-refractivity contribution is -0.123. The second-order valence-corrected chi connectivity index (χ2v) is 8.67. The number of carbonyl (C=O) groups excluding carboxylic acids is 2. The molecule has 2 aromatic carbocycles. The molecule has 5 heterocycles. The van der Waals surface area contributed by atoms with Crippen LogP contribution in [0.3, 0.4) is 0 Å². The summed E-state index contributed by atoms with van der Waals surface area (Å²) in [6.45, 7) is 0. The first-order chi connectivity index (χ1) is 17.2. The van der Waals surface area contributed by atoms with Crippen LogP contribution in [0.5, 0.6) is 0 Å². The number of benzene rings is 2. The van der Waals surface area contributed by atoms with Gasteiger partial charge in [0, 0.05) is 41.3 Å². The summed E-state index contributed by atoms with van der Waals surface area (Å²) in [6.07, 6.45) is 9.62. The van der Waals surface area contributed by atoms with Crippen LogP contribution in [0.2, 0.25) is 0 Å². The van der Waals surface area contributed by atoms with E-state index in [1.54, 1.807) is 30.9 Å². The Balaban J connectivity index is 1.44. The molecule has 0 aliphatic carbocycles. The Morgan fingerprint density at radius 1 is 0.914 bits per heavy atom. The number of para-hydroxylation sites is 2. The molecule has 4 aromatic rings. The normalized spacial score (nSPS) is 18.7. The van der Waals surface area contributed by atoms with Gasteiger partial charge < -0.3 is 9.32 Å². The first-order valence-corrected chi connectivity index (χ1v) is 11.3. The van der Waals surface area contributed by atoms with E-state index >= 15 is 0 Å². The minimum absolute atomic E-state index is 0.0873. The van der Waals surface area contributed by atoms with Crippen molar-refractivity contribution < 1.29 is 14.0 Å². The molecule has 2 aromatic heterocycles. The largest absolute Gasteiger partial charge is 0.464 e. The van der Waals surface area contributed by atoms with Crippen molar-refractivity contribution in [2.75, 3.05) is 4.90 Å². The molecule has 3 aliphatic heterocycles. The molecule has 1 atom stereocenters. The number of aliphatic imine (C=N–C) groups is 1. The minimum Gasteiger partial charge on any atom is -0.464 e. The number of aromatic nitrogens is 1. The summed E-state index contributed by atoms with van der Waals surface area (Å²) in [4.78, 5) is 37.3. The van der Waals surface area contributed by atoms with Gasteiger partial charge in [0.2, 0.25) is 0 Å². The molecule has 7 heteroatoms. The minimum atomic E-state index is -0.463. The van der Waals surface area contributed by atoms with E-state index in [4.69, 9.17) is 9.41 Å². The lowest BCUT2D eigenvalue weighted by Crippen LogP contribution is -2.25. The molecule has 0 saturated heterocycles. The van der Waals surface area contributed by atoms with E-state index in [1.807, 2.05) is 48.7 Å². The zero-order chi connectivity index (χ0) is 23.5. The highest BCUT2D eigenvalue weighted by molar-refractivity contribution is 6.48. The summed E-state index contributed by atoms with van der Waals surface area (Å²) in [6, 6.07) is 17.6.